The molecule has 138 valence electrons. The summed E-state index contributed by atoms with van der Waals surface area (Å²) < 4.78 is 31.8. The second kappa shape index (κ2) is 8.07. The van der Waals surface area contributed by atoms with Crippen molar-refractivity contribution < 1.29 is 18.3 Å². The van der Waals surface area contributed by atoms with Gasteiger partial charge in [0.15, 0.2) is 11.6 Å². The summed E-state index contributed by atoms with van der Waals surface area (Å²) in [5, 5.41) is 0. The van der Waals surface area contributed by atoms with E-state index < -0.39 is 11.6 Å². The molecule has 0 unspecified atom stereocenters. The summed E-state index contributed by atoms with van der Waals surface area (Å²) in [7, 11) is 0. The number of piperazine rings is 1. The number of aromatic nitrogens is 2. The highest BCUT2D eigenvalue weighted by atomic mass is 19.2. The van der Waals surface area contributed by atoms with Crippen LogP contribution in [0.4, 0.5) is 14.6 Å². The maximum absolute atomic E-state index is 13.3. The topological polar surface area (TPSA) is 58.6 Å². The Hall–Kier alpha value is -2.77. The third-order valence-corrected chi connectivity index (χ3v) is 4.16. The number of hydrogen-bond donors (Lipinski definition) is 0. The normalized spacial score (nSPS) is 14.4. The average molecular weight is 362 g/mol. The van der Waals surface area contributed by atoms with Crippen LogP contribution < -0.4 is 9.64 Å². The number of hydrogen-bond acceptors (Lipinski definition) is 5. The summed E-state index contributed by atoms with van der Waals surface area (Å²) in [6, 6.07) is 4.94. The van der Waals surface area contributed by atoms with Crippen molar-refractivity contribution in [3.05, 3.63) is 42.2 Å². The molecule has 1 aromatic carbocycles. The first-order valence-electron chi connectivity index (χ1n) is 8.54. The minimum atomic E-state index is -0.982. The molecule has 8 heteroatoms. The monoisotopic (exact) mass is 362 g/mol. The van der Waals surface area contributed by atoms with Crippen molar-refractivity contribution in [3.8, 4) is 11.6 Å². The number of ether oxygens (including phenoxy) is 1. The van der Waals surface area contributed by atoms with Crippen molar-refractivity contribution in [1.82, 2.24) is 14.9 Å². The Kier molecular flexibility index (Phi) is 5.60. The number of benzene rings is 1. The molecule has 1 saturated heterocycles. The van der Waals surface area contributed by atoms with Crippen LogP contribution in [-0.2, 0) is 4.79 Å². The molecule has 0 radical (unpaired) electrons. The Morgan fingerprint density at radius 3 is 2.58 bits per heavy atom. The second-order valence-electron chi connectivity index (χ2n) is 6.01. The van der Waals surface area contributed by atoms with Crippen LogP contribution in [0.3, 0.4) is 0 Å². The van der Waals surface area contributed by atoms with Crippen LogP contribution >= 0.6 is 0 Å². The zero-order valence-electron chi connectivity index (χ0n) is 14.5. The van der Waals surface area contributed by atoms with Gasteiger partial charge in [0.25, 0.3) is 0 Å². The van der Waals surface area contributed by atoms with E-state index in [2.05, 4.69) is 9.97 Å². The Labute approximate surface area is 150 Å². The lowest BCUT2D eigenvalue weighted by molar-refractivity contribution is -0.131. The summed E-state index contributed by atoms with van der Waals surface area (Å²) in [6.45, 7) is 4.60. The van der Waals surface area contributed by atoms with Crippen molar-refractivity contribution >= 4 is 11.7 Å². The van der Waals surface area contributed by atoms with Gasteiger partial charge < -0.3 is 14.5 Å². The Morgan fingerprint density at radius 2 is 1.88 bits per heavy atom. The van der Waals surface area contributed by atoms with Gasteiger partial charge in [-0.2, -0.15) is 0 Å². The van der Waals surface area contributed by atoms with Crippen LogP contribution in [0.2, 0.25) is 0 Å². The minimum absolute atomic E-state index is 0.156. The number of rotatable bonds is 5. The molecule has 2 heterocycles. The predicted octanol–water partition coefficient (Wildman–Crippen LogP) is 3.00. The van der Waals surface area contributed by atoms with Gasteiger partial charge in [-0.15, -0.1) is 0 Å². The summed E-state index contributed by atoms with van der Waals surface area (Å²) in [5.41, 5.74) is 0. The molecular weight excluding hydrogens is 342 g/mol. The van der Waals surface area contributed by atoms with Crippen LogP contribution in [0.15, 0.2) is 30.6 Å². The van der Waals surface area contributed by atoms with Gasteiger partial charge in [0.2, 0.25) is 11.8 Å². The largest absolute Gasteiger partial charge is 0.439 e. The quantitative estimate of drug-likeness (QED) is 0.818. The van der Waals surface area contributed by atoms with Gasteiger partial charge in [-0.3, -0.25) is 4.79 Å². The standard InChI is InChI=1S/C18H20F2N4O2/c1-2-3-18(25)24-8-6-23(7-9-24)16-11-17(22-12-21-16)26-13-4-5-14(19)15(20)10-13/h4-5,10-12H,2-3,6-9H2,1H3. The molecule has 6 nitrogen and oxygen atoms in total. The summed E-state index contributed by atoms with van der Waals surface area (Å²) in [6.07, 6.45) is 2.77. The van der Waals surface area contributed by atoms with Crippen molar-refractivity contribution in [1.29, 1.82) is 0 Å². The second-order valence-corrected chi connectivity index (χ2v) is 6.01. The number of carbonyl (C=O) groups is 1. The van der Waals surface area contributed by atoms with E-state index in [1.165, 1.54) is 12.4 Å². The predicted molar refractivity (Wildman–Crippen MR) is 92.2 cm³/mol. The van der Waals surface area contributed by atoms with Crippen LogP contribution in [0.25, 0.3) is 0 Å². The molecule has 0 bridgehead atoms. The van der Waals surface area contributed by atoms with Crippen molar-refractivity contribution in [3.63, 3.8) is 0 Å². The molecule has 0 atom stereocenters. The fourth-order valence-electron chi connectivity index (χ4n) is 2.78. The molecule has 1 fully saturated rings. The van der Waals surface area contributed by atoms with Crippen molar-refractivity contribution in [2.45, 2.75) is 19.8 Å². The molecule has 2 aromatic rings. The lowest BCUT2D eigenvalue weighted by atomic mass is 10.2. The van der Waals surface area contributed by atoms with Crippen LogP contribution in [0, 0.1) is 11.6 Å². The molecule has 0 aliphatic carbocycles. The molecular formula is C18H20F2N4O2. The molecule has 1 amide bonds. The summed E-state index contributed by atoms with van der Waals surface area (Å²) in [5.74, 6) is -0.674. The number of halogens is 2. The van der Waals surface area contributed by atoms with Crippen molar-refractivity contribution in [2.24, 2.45) is 0 Å². The molecule has 1 aliphatic rings. The van der Waals surface area contributed by atoms with Gasteiger partial charge in [0.05, 0.1) is 0 Å². The molecule has 1 aliphatic heterocycles. The molecule has 1 aromatic heterocycles. The van der Waals surface area contributed by atoms with Gasteiger partial charge in [0, 0.05) is 44.7 Å². The van der Waals surface area contributed by atoms with E-state index in [0.717, 1.165) is 18.6 Å². The van der Waals surface area contributed by atoms with E-state index in [0.29, 0.717) is 38.4 Å². The number of carbonyl (C=O) groups excluding carboxylic acids is 1. The highest BCUT2D eigenvalue weighted by Crippen LogP contribution is 2.24. The average Bonchev–Trinajstić information content (AvgIpc) is 2.65. The van der Waals surface area contributed by atoms with Crippen LogP contribution in [0.1, 0.15) is 19.8 Å². The van der Waals surface area contributed by atoms with E-state index >= 15 is 0 Å². The van der Waals surface area contributed by atoms with E-state index in [1.54, 1.807) is 6.07 Å². The third-order valence-electron chi connectivity index (χ3n) is 4.16. The molecule has 26 heavy (non-hydrogen) atoms. The molecule has 0 N–H and O–H groups in total. The number of anilines is 1. The fraction of sp³-hybridized carbons (Fsp3) is 0.389. The first-order valence-corrected chi connectivity index (χ1v) is 8.54. The van der Waals surface area contributed by atoms with Crippen LogP contribution in [0.5, 0.6) is 11.6 Å². The Balaban J connectivity index is 1.64. The maximum Gasteiger partial charge on any atom is 0.224 e. The highest BCUT2D eigenvalue weighted by molar-refractivity contribution is 5.76. The van der Waals surface area contributed by atoms with E-state index in [-0.39, 0.29) is 17.5 Å². The Morgan fingerprint density at radius 1 is 1.12 bits per heavy atom. The molecule has 0 spiro atoms. The zero-order chi connectivity index (χ0) is 18.5. The van der Waals surface area contributed by atoms with E-state index in [4.69, 9.17) is 4.74 Å². The smallest absolute Gasteiger partial charge is 0.224 e. The van der Waals surface area contributed by atoms with Gasteiger partial charge >= 0.3 is 0 Å². The number of nitrogens with zero attached hydrogens (tertiary/aromatic N) is 4. The zero-order valence-corrected chi connectivity index (χ0v) is 14.5. The van der Waals surface area contributed by atoms with Gasteiger partial charge in [-0.05, 0) is 18.6 Å². The SMILES string of the molecule is CCCC(=O)N1CCN(c2cc(Oc3ccc(F)c(F)c3)ncn2)CC1. The van der Waals surface area contributed by atoms with E-state index in [9.17, 15) is 13.6 Å². The Bertz CT molecular complexity index is 780. The first kappa shape index (κ1) is 18.0. The highest BCUT2D eigenvalue weighted by Gasteiger charge is 2.21. The lowest BCUT2D eigenvalue weighted by Crippen LogP contribution is -2.49. The summed E-state index contributed by atoms with van der Waals surface area (Å²) >= 11 is 0. The van der Waals surface area contributed by atoms with E-state index in [1.807, 2.05) is 16.7 Å². The van der Waals surface area contributed by atoms with Gasteiger partial charge in [0.1, 0.15) is 17.9 Å². The lowest BCUT2D eigenvalue weighted by Gasteiger charge is -2.35. The fourth-order valence-corrected chi connectivity index (χ4v) is 2.78. The minimum Gasteiger partial charge on any atom is -0.439 e. The molecule has 3 rings (SSSR count). The van der Waals surface area contributed by atoms with Gasteiger partial charge in [-0.25, -0.2) is 18.7 Å². The van der Waals surface area contributed by atoms with Crippen LogP contribution in [-0.4, -0.2) is 47.0 Å². The van der Waals surface area contributed by atoms with Crippen molar-refractivity contribution in [2.75, 3.05) is 31.1 Å². The number of amides is 1. The summed E-state index contributed by atoms with van der Waals surface area (Å²) in [4.78, 5) is 24.1. The third kappa shape index (κ3) is 4.25. The first-order chi connectivity index (χ1) is 12.6. The molecule has 0 saturated carbocycles. The maximum atomic E-state index is 13.3. The van der Waals surface area contributed by atoms with Gasteiger partial charge in [-0.1, -0.05) is 6.92 Å².